The highest BCUT2D eigenvalue weighted by Gasteiger charge is 2.59. The molecule has 0 spiro atoms. The Morgan fingerprint density at radius 1 is 1.10 bits per heavy atom. The highest BCUT2D eigenvalue weighted by molar-refractivity contribution is 5.69. The van der Waals surface area contributed by atoms with Crippen LogP contribution in [0.15, 0.2) is 22.8 Å². The lowest BCUT2D eigenvalue weighted by molar-refractivity contribution is -0.0573. The summed E-state index contributed by atoms with van der Waals surface area (Å²) in [4.78, 5) is 23.5. The lowest BCUT2D eigenvalue weighted by Crippen LogP contribution is -2.50. The molecule has 3 saturated carbocycles. The maximum atomic E-state index is 11.0. The number of hydrogen-bond acceptors (Lipinski definition) is 5. The molecule has 216 valence electrons. The van der Waals surface area contributed by atoms with Gasteiger partial charge in [-0.3, -0.25) is 9.78 Å². The van der Waals surface area contributed by atoms with E-state index in [9.17, 15) is 9.90 Å². The van der Waals surface area contributed by atoms with Gasteiger partial charge in [-0.25, -0.2) is 4.98 Å². The Bertz CT molecular complexity index is 1230. The quantitative estimate of drug-likeness (QED) is 0.320. The monoisotopic (exact) mass is 537 g/mol. The van der Waals surface area contributed by atoms with E-state index in [1.807, 2.05) is 0 Å². The molecule has 7 heteroatoms. The Morgan fingerprint density at radius 2 is 1.90 bits per heavy atom. The highest BCUT2D eigenvalue weighted by Crippen LogP contribution is 2.67. The van der Waals surface area contributed by atoms with Crippen LogP contribution in [0.25, 0.3) is 11.2 Å². The van der Waals surface area contributed by atoms with E-state index in [2.05, 4.69) is 60.6 Å². The molecule has 2 aromatic heterocycles. The van der Waals surface area contributed by atoms with E-state index in [-0.39, 0.29) is 17.6 Å². The number of fused-ring (bicyclic) bond motifs is 6. The number of aromatic nitrogens is 4. The summed E-state index contributed by atoms with van der Waals surface area (Å²) in [5.74, 6) is 5.54. The van der Waals surface area contributed by atoms with Gasteiger partial charge in [-0.1, -0.05) is 65.5 Å². The molecule has 6 rings (SSSR count). The third-order valence-corrected chi connectivity index (χ3v) is 11.6. The van der Waals surface area contributed by atoms with E-state index < -0.39 is 0 Å². The molecule has 7 nitrogen and oxygen atoms in total. The van der Waals surface area contributed by atoms with E-state index >= 15 is 0 Å². The second-order valence-corrected chi connectivity index (χ2v) is 14.2. The molecule has 2 heterocycles. The van der Waals surface area contributed by atoms with Gasteiger partial charge in [0.05, 0.1) is 12.4 Å². The van der Waals surface area contributed by atoms with Crippen LogP contribution < -0.4 is 11.3 Å². The fourth-order valence-corrected chi connectivity index (χ4v) is 9.53. The summed E-state index contributed by atoms with van der Waals surface area (Å²) < 4.78 is 0. The van der Waals surface area contributed by atoms with Crippen molar-refractivity contribution in [3.05, 3.63) is 28.3 Å². The van der Waals surface area contributed by atoms with Gasteiger partial charge in [0.15, 0.2) is 11.2 Å². The molecule has 3 fully saturated rings. The fraction of sp³-hybridized carbons (Fsp3) is 0.781. The van der Waals surface area contributed by atoms with E-state index in [4.69, 9.17) is 5.73 Å². The predicted octanol–water partition coefficient (Wildman–Crippen LogP) is 6.62. The Hall–Kier alpha value is -2.15. The van der Waals surface area contributed by atoms with E-state index in [0.717, 1.165) is 48.3 Å². The molecule has 0 aromatic carbocycles. The Labute approximate surface area is 233 Å². The second kappa shape index (κ2) is 11.0. The number of aromatic amines is 2. The van der Waals surface area contributed by atoms with Gasteiger partial charge in [0.25, 0.3) is 5.56 Å². The molecule has 4 aliphatic rings. The van der Waals surface area contributed by atoms with Gasteiger partial charge in [-0.2, -0.15) is 4.98 Å². The number of hydrogen-bond donors (Lipinski definition) is 4. The topological polar surface area (TPSA) is 121 Å². The average Bonchev–Trinajstić information content (AvgIpc) is 3.49. The molecule has 0 saturated heterocycles. The molecule has 0 aliphatic heterocycles. The van der Waals surface area contributed by atoms with Crippen molar-refractivity contribution in [2.24, 2.45) is 46.3 Å². The van der Waals surface area contributed by atoms with Crippen LogP contribution in [0.2, 0.25) is 0 Å². The predicted molar refractivity (Wildman–Crippen MR) is 158 cm³/mol. The number of anilines is 1. The number of H-pyrrole nitrogens is 2. The van der Waals surface area contributed by atoms with Crippen LogP contribution in [0, 0.1) is 46.3 Å². The van der Waals surface area contributed by atoms with Gasteiger partial charge in [0, 0.05) is 0 Å². The molecule has 0 bridgehead atoms. The molecule has 0 radical (unpaired) electrons. The maximum absolute atomic E-state index is 11.0. The summed E-state index contributed by atoms with van der Waals surface area (Å²) in [5, 5.41) is 10.2. The van der Waals surface area contributed by atoms with Crippen LogP contribution >= 0.6 is 0 Å². The first-order chi connectivity index (χ1) is 18.5. The van der Waals surface area contributed by atoms with Crippen molar-refractivity contribution in [3.8, 4) is 0 Å². The van der Waals surface area contributed by atoms with Crippen molar-refractivity contribution < 1.29 is 5.11 Å². The van der Waals surface area contributed by atoms with Crippen molar-refractivity contribution in [2.45, 2.75) is 111 Å². The van der Waals surface area contributed by atoms with Gasteiger partial charge in [-0.15, -0.1) is 0 Å². The molecular weight excluding hydrogens is 486 g/mol. The minimum atomic E-state index is -0.301. The first kappa shape index (κ1) is 28.4. The van der Waals surface area contributed by atoms with Crippen LogP contribution in [0.3, 0.4) is 0 Å². The fourth-order valence-electron chi connectivity index (χ4n) is 9.53. The van der Waals surface area contributed by atoms with E-state index in [1.165, 1.54) is 64.1 Å². The summed E-state index contributed by atoms with van der Waals surface area (Å²) in [6.07, 6.45) is 18.6. The molecule has 39 heavy (non-hydrogen) atoms. The zero-order valence-corrected chi connectivity index (χ0v) is 24.8. The van der Waals surface area contributed by atoms with Gasteiger partial charge in [-0.05, 0) is 97.7 Å². The van der Waals surface area contributed by atoms with Crippen molar-refractivity contribution in [2.75, 3.05) is 5.73 Å². The van der Waals surface area contributed by atoms with Gasteiger partial charge in [0.2, 0.25) is 5.95 Å². The zero-order chi connectivity index (χ0) is 27.9. The molecule has 5 N–H and O–H groups in total. The van der Waals surface area contributed by atoms with Gasteiger partial charge < -0.3 is 15.8 Å². The van der Waals surface area contributed by atoms with E-state index in [1.54, 1.807) is 5.57 Å². The Balaban J connectivity index is 0.000000233. The van der Waals surface area contributed by atoms with Crippen LogP contribution in [0.1, 0.15) is 105 Å². The molecule has 8 atom stereocenters. The van der Waals surface area contributed by atoms with Gasteiger partial charge >= 0.3 is 0 Å². The smallest absolute Gasteiger partial charge is 0.278 e. The molecule has 0 amide bonds. The van der Waals surface area contributed by atoms with Crippen LogP contribution in [0.4, 0.5) is 5.95 Å². The number of nitrogens with zero attached hydrogens (tertiary/aromatic N) is 2. The number of rotatable bonds is 5. The minimum absolute atomic E-state index is 0.0766. The van der Waals surface area contributed by atoms with Crippen LogP contribution in [-0.2, 0) is 0 Å². The number of nitrogens with one attached hydrogen (secondary N) is 2. The van der Waals surface area contributed by atoms with Gasteiger partial charge in [0.1, 0.15) is 0 Å². The molecule has 2 aromatic rings. The third kappa shape index (κ3) is 5.32. The van der Waals surface area contributed by atoms with Crippen molar-refractivity contribution >= 4 is 17.1 Å². The molecule has 0 unspecified atom stereocenters. The maximum Gasteiger partial charge on any atom is 0.278 e. The second-order valence-electron chi connectivity index (χ2n) is 14.2. The lowest BCUT2D eigenvalue weighted by atomic mass is 9.47. The molecular formula is C32H51N5O2. The van der Waals surface area contributed by atoms with Crippen LogP contribution in [-0.4, -0.2) is 31.1 Å². The number of imidazole rings is 1. The first-order valence-corrected chi connectivity index (χ1v) is 15.6. The first-order valence-electron chi connectivity index (χ1n) is 15.6. The number of aliphatic hydroxyl groups excluding tert-OH is 1. The lowest BCUT2D eigenvalue weighted by Gasteiger charge is -2.58. The largest absolute Gasteiger partial charge is 0.393 e. The number of aliphatic hydroxyl groups is 1. The van der Waals surface area contributed by atoms with Crippen molar-refractivity contribution in [3.63, 3.8) is 0 Å². The average molecular weight is 538 g/mol. The Kier molecular flexibility index (Phi) is 8.02. The van der Waals surface area contributed by atoms with Crippen molar-refractivity contribution in [1.82, 2.24) is 19.9 Å². The normalized spacial score (nSPS) is 36.4. The standard InChI is InChI=1S/C27H46O.C5H5N5O/c1-18(2)7-6-8-19(3)23-11-12-24-22-10-9-20-17-21(28)13-15-26(20,4)25(22)14-16-27(23,24)5;6-5-9-3-2(4(11)10-5)7-1-8-3/h9,18-19,21-25,28H,6-8,10-17H2,1-5H3;1H,(H4,6,7,8,9,10,11)/t19-,21+,22+,23-,24+,25+,26+,27-;/m1./s1. The summed E-state index contributed by atoms with van der Waals surface area (Å²) in [5.41, 5.74) is 8.25. The number of nitrogen functional groups attached to an aromatic ring is 1. The zero-order valence-electron chi connectivity index (χ0n) is 24.8. The number of nitrogens with two attached hydrogens (primary N) is 1. The summed E-state index contributed by atoms with van der Waals surface area (Å²) in [7, 11) is 0. The third-order valence-electron chi connectivity index (χ3n) is 11.6. The Morgan fingerprint density at radius 3 is 2.67 bits per heavy atom. The SMILES string of the molecule is CC(C)CCC[C@@H](C)[C@H]1CC[C@H]2[C@@H]3CC=C4C[C@@H](O)CC[C@]4(C)[C@H]3CC[C@]12C.Nc1nc2nc[nH]c2c(=O)[nH]1. The van der Waals surface area contributed by atoms with Crippen molar-refractivity contribution in [1.29, 1.82) is 0 Å². The van der Waals surface area contributed by atoms with Crippen LogP contribution in [0.5, 0.6) is 0 Å². The number of allylic oxidation sites excluding steroid dienone is 1. The summed E-state index contributed by atoms with van der Waals surface area (Å²) in [6, 6.07) is 0. The highest BCUT2D eigenvalue weighted by atomic mass is 16.3. The minimum Gasteiger partial charge on any atom is -0.393 e. The molecule has 4 aliphatic carbocycles. The summed E-state index contributed by atoms with van der Waals surface area (Å²) in [6.45, 7) is 12.6. The van der Waals surface area contributed by atoms with E-state index in [0.29, 0.717) is 22.0 Å². The summed E-state index contributed by atoms with van der Waals surface area (Å²) >= 11 is 0.